The summed E-state index contributed by atoms with van der Waals surface area (Å²) < 4.78 is 53.3. The molecule has 26 heteroatoms. The molecule has 0 aromatic heterocycles. The van der Waals surface area contributed by atoms with Gasteiger partial charge in [0.25, 0.3) is 23.6 Å². The third kappa shape index (κ3) is 20.7. The summed E-state index contributed by atoms with van der Waals surface area (Å²) >= 11 is 0. The van der Waals surface area contributed by atoms with Crippen LogP contribution in [0.4, 0.5) is 11.4 Å². The highest BCUT2D eigenvalue weighted by molar-refractivity contribution is 6.45. The summed E-state index contributed by atoms with van der Waals surface area (Å²) in [6.07, 6.45) is 7.22. The van der Waals surface area contributed by atoms with E-state index in [1.807, 2.05) is 88.4 Å². The minimum absolute atomic E-state index is 0.000243. The van der Waals surface area contributed by atoms with E-state index in [1.54, 1.807) is 135 Å². The van der Waals surface area contributed by atoms with Crippen molar-refractivity contribution in [3.05, 3.63) is 277 Å². The van der Waals surface area contributed by atoms with Gasteiger partial charge >= 0.3 is 0 Å². The number of nitrogens with zero attached hydrogens (tertiary/aromatic N) is 4. The Morgan fingerprint density at radius 2 is 0.570 bits per heavy atom. The number of carbonyl (C=O) groups excluding carboxylic acids is 10. The van der Waals surface area contributed by atoms with Gasteiger partial charge in [-0.3, -0.25) is 57.7 Å². The summed E-state index contributed by atoms with van der Waals surface area (Å²) in [5, 5.41) is 12.3. The van der Waals surface area contributed by atoms with Crippen LogP contribution in [0.5, 0.6) is 46.0 Å². The van der Waals surface area contributed by atoms with E-state index in [1.165, 1.54) is 34.1 Å². The molecular formula is C102H104N8O18. The lowest BCUT2D eigenvalue weighted by Gasteiger charge is -2.39. The van der Waals surface area contributed by atoms with E-state index >= 15 is 28.8 Å². The molecular weight excluding hydrogens is 1630 g/mol. The zero-order chi connectivity index (χ0) is 90.7. The number of benzene rings is 11. The van der Waals surface area contributed by atoms with Crippen LogP contribution in [0.25, 0.3) is 43.1 Å². The Hall–Kier alpha value is -14.2. The van der Waals surface area contributed by atoms with Crippen LogP contribution >= 0.6 is 0 Å². The van der Waals surface area contributed by atoms with Gasteiger partial charge in [0.1, 0.15) is 58.1 Å². The molecule has 0 aliphatic carbocycles. The lowest BCUT2D eigenvalue weighted by molar-refractivity contribution is -0.124. The van der Waals surface area contributed by atoms with Crippen molar-refractivity contribution < 1.29 is 85.8 Å². The van der Waals surface area contributed by atoms with Gasteiger partial charge in [-0.2, -0.15) is 0 Å². The van der Waals surface area contributed by atoms with E-state index in [0.29, 0.717) is 49.9 Å². The third-order valence-corrected chi connectivity index (χ3v) is 23.0. The monoisotopic (exact) mass is 1730 g/mol. The first-order valence-corrected chi connectivity index (χ1v) is 42.8. The van der Waals surface area contributed by atoms with Gasteiger partial charge in [-0.1, -0.05) is 152 Å². The van der Waals surface area contributed by atoms with Crippen LogP contribution in [0.1, 0.15) is 104 Å². The molecule has 2 aliphatic rings. The van der Waals surface area contributed by atoms with E-state index in [-0.39, 0.29) is 214 Å². The molecule has 2 aliphatic heterocycles. The molecule has 0 bridgehead atoms. The number of rotatable bonds is 46. The number of anilines is 2. The number of carbonyl (C=O) groups is 10. The standard InChI is InChI=1S/C102H104N8O18/c1-11-63(7)95(101(119)107(9)69-23-19-17-20-24-69)109-97(115)75-59-79(125-71-35-27-65(28-36-71)43-51-121-55-47-103-83(111)13-3)89-91-81(127-73-39-31-67(32-40-73)45-53-123-57-49-105-85(113)15-5)61-77-88-78(100(118)110(99(77)117)96(64(8)12-2)102(120)108(10)70-25-21-18-22-26-70)62-82(128-74-41-33-68(34-42-74)46-54-124-58-50-106-86(114)16-6)92(94(88)91)90-80(60-76(98(109)116)87(75)93(89)90)126-72-37-29-66(30-38-72)44-52-122-56-48-104-84(112)14-4/h13-42,59-64,95-96H,3-6,11-12,43-58H2,1-2,7-10H3,(H,103,111)(H,104,112)(H,105,113)(H,106,114). The summed E-state index contributed by atoms with van der Waals surface area (Å²) in [6.45, 7) is 24.6. The van der Waals surface area contributed by atoms with Crippen molar-refractivity contribution in [1.29, 1.82) is 0 Å². The molecule has 26 nitrogen and oxygen atoms in total. The fraction of sp³-hybridized carbons (Fsp3) is 0.275. The molecule has 660 valence electrons. The van der Waals surface area contributed by atoms with Gasteiger partial charge in [-0.25, -0.2) is 0 Å². The number of ether oxygens (including phenoxy) is 8. The van der Waals surface area contributed by atoms with Crippen molar-refractivity contribution >= 4 is 114 Å². The minimum atomic E-state index is -1.41. The van der Waals surface area contributed by atoms with E-state index in [2.05, 4.69) is 47.6 Å². The first-order chi connectivity index (χ1) is 62.1. The number of nitrogens with one attached hydrogen (secondary N) is 4. The second-order valence-electron chi connectivity index (χ2n) is 31.2. The van der Waals surface area contributed by atoms with Crippen molar-refractivity contribution in [1.82, 2.24) is 31.1 Å². The summed E-state index contributed by atoms with van der Waals surface area (Å²) in [4.78, 5) is 151. The summed E-state index contributed by atoms with van der Waals surface area (Å²) in [5.74, 6) is -6.00. The lowest BCUT2D eigenvalue weighted by atomic mass is 9.79. The second-order valence-corrected chi connectivity index (χ2v) is 31.2. The maximum atomic E-state index is 16.8. The number of hydrogen-bond donors (Lipinski definition) is 4. The first kappa shape index (κ1) is 91.5. The van der Waals surface area contributed by atoms with E-state index in [0.717, 1.165) is 32.1 Å². The highest BCUT2D eigenvalue weighted by Gasteiger charge is 2.49. The minimum Gasteiger partial charge on any atom is -0.457 e. The van der Waals surface area contributed by atoms with E-state index < -0.39 is 59.4 Å². The molecule has 0 saturated carbocycles. The molecule has 4 unspecified atom stereocenters. The van der Waals surface area contributed by atoms with Gasteiger partial charge < -0.3 is 69.0 Å². The van der Waals surface area contributed by atoms with Crippen molar-refractivity contribution in [2.75, 3.05) is 103 Å². The third-order valence-electron chi connectivity index (χ3n) is 23.0. The first-order valence-electron chi connectivity index (χ1n) is 42.8. The molecule has 0 radical (unpaired) electrons. The van der Waals surface area contributed by atoms with Gasteiger partial charge in [-0.15, -0.1) is 0 Å². The molecule has 0 spiro atoms. The van der Waals surface area contributed by atoms with Gasteiger partial charge in [0.2, 0.25) is 35.4 Å². The Morgan fingerprint density at radius 1 is 0.336 bits per heavy atom. The van der Waals surface area contributed by atoms with E-state index in [4.69, 9.17) is 37.9 Å². The fourth-order valence-corrected chi connectivity index (χ4v) is 15.8. The Kier molecular flexibility index (Phi) is 30.5. The van der Waals surface area contributed by atoms with Crippen LogP contribution in [0.15, 0.2) is 233 Å². The normalized spacial score (nSPS) is 13.2. The van der Waals surface area contributed by atoms with Crippen molar-refractivity contribution in [3.63, 3.8) is 0 Å². The van der Waals surface area contributed by atoms with Crippen LogP contribution in [0, 0.1) is 11.8 Å². The SMILES string of the molecule is C=CC(=O)NCCOCCc1ccc(Oc2cc3c4c(cc(Oc5ccc(CCOCCNC(=O)C=C)cc5)c5c6c(Oc7ccc(CCOCCNC(=O)C=C)cc7)cc7c8c(cc(Oc9ccc(CCOCCNC(=O)C=C)cc9)c(c2c45)c86)C(=O)N(C(C(=O)N(C)c2ccccc2)C(C)CC)C7=O)C(=O)N(C(C(=O)N(C)c2ccccc2)C(C)CC)C3=O)cc1. The Bertz CT molecular complexity index is 5340. The topological polar surface area (TPSA) is 306 Å². The Balaban J connectivity index is 1.10. The van der Waals surface area contributed by atoms with Gasteiger partial charge in [0.15, 0.2) is 0 Å². The maximum Gasteiger partial charge on any atom is 0.262 e. The maximum absolute atomic E-state index is 16.8. The molecule has 0 fully saturated rings. The van der Waals surface area contributed by atoms with Crippen molar-refractivity contribution in [3.8, 4) is 46.0 Å². The summed E-state index contributed by atoms with van der Waals surface area (Å²) in [5.41, 5.74) is 4.18. The smallest absolute Gasteiger partial charge is 0.262 e. The quantitative estimate of drug-likeness (QED) is 0.00906. The van der Waals surface area contributed by atoms with E-state index in [9.17, 15) is 19.2 Å². The van der Waals surface area contributed by atoms with Crippen LogP contribution in [-0.2, 0) is 73.4 Å². The highest BCUT2D eigenvalue weighted by atomic mass is 16.5. The zero-order valence-electron chi connectivity index (χ0n) is 72.6. The largest absolute Gasteiger partial charge is 0.457 e. The molecule has 11 aromatic carbocycles. The molecule has 2 heterocycles. The fourth-order valence-electron chi connectivity index (χ4n) is 15.8. The Labute approximate surface area is 742 Å². The van der Waals surface area contributed by atoms with Crippen molar-refractivity contribution in [2.24, 2.45) is 11.8 Å². The highest BCUT2D eigenvalue weighted by Crippen LogP contribution is 2.58. The van der Waals surface area contributed by atoms with Crippen LogP contribution in [0.3, 0.4) is 0 Å². The van der Waals surface area contributed by atoms with Crippen LogP contribution in [0.2, 0.25) is 0 Å². The number of imide groups is 2. The zero-order valence-corrected chi connectivity index (χ0v) is 72.6. The van der Waals surface area contributed by atoms with Gasteiger partial charge in [0, 0.05) is 94.7 Å². The van der Waals surface area contributed by atoms with Gasteiger partial charge in [-0.05, 0) is 181 Å². The van der Waals surface area contributed by atoms with Crippen LogP contribution in [-0.4, -0.2) is 174 Å². The summed E-state index contributed by atoms with van der Waals surface area (Å²) in [6, 6.07) is 50.1. The molecule has 4 atom stereocenters. The number of para-hydroxylation sites is 2. The Morgan fingerprint density at radius 3 is 0.789 bits per heavy atom. The number of fused-ring (bicyclic) bond motifs is 2. The lowest BCUT2D eigenvalue weighted by Crippen LogP contribution is -2.56. The molecule has 0 saturated heterocycles. The number of likely N-dealkylation sites (N-methyl/N-ethyl adjacent to an activating group) is 2. The predicted molar refractivity (Wildman–Crippen MR) is 492 cm³/mol. The summed E-state index contributed by atoms with van der Waals surface area (Å²) in [7, 11) is 3.20. The van der Waals surface area contributed by atoms with Gasteiger partial charge in [0.05, 0.1) is 75.1 Å². The average molecular weight is 1730 g/mol. The molecule has 128 heavy (non-hydrogen) atoms. The van der Waals surface area contributed by atoms with Crippen LogP contribution < -0.4 is 50.0 Å². The number of hydrogen-bond acceptors (Lipinski definition) is 18. The molecule has 13 rings (SSSR count). The molecule has 10 amide bonds. The molecule has 11 aromatic rings. The average Bonchev–Trinajstić information content (AvgIpc) is 0.668. The predicted octanol–water partition coefficient (Wildman–Crippen LogP) is 15.7. The second kappa shape index (κ2) is 42.7. The van der Waals surface area contributed by atoms with Crippen molar-refractivity contribution in [2.45, 2.75) is 78.3 Å². The molecule has 4 N–H and O–H groups in total. The number of amides is 10.